The van der Waals surface area contributed by atoms with Gasteiger partial charge in [0.05, 0.1) is 0 Å². The van der Waals surface area contributed by atoms with E-state index in [4.69, 9.17) is 0 Å². The average Bonchev–Trinajstić information content (AvgIpc) is 2.76. The highest BCUT2D eigenvalue weighted by atomic mass is 16.2. The SMILES string of the molecule is CCCCCNC(=O)C(C)n1cncn1. The molecule has 0 spiro atoms. The smallest absolute Gasteiger partial charge is 0.244 e. The maximum Gasteiger partial charge on any atom is 0.244 e. The van der Waals surface area contributed by atoms with Crippen molar-refractivity contribution < 1.29 is 4.79 Å². The molecule has 0 radical (unpaired) electrons. The summed E-state index contributed by atoms with van der Waals surface area (Å²) in [5, 5.41) is 6.80. The first-order valence-corrected chi connectivity index (χ1v) is 5.37. The lowest BCUT2D eigenvalue weighted by atomic mass is 10.2. The molecule has 1 N–H and O–H groups in total. The van der Waals surface area contributed by atoms with Gasteiger partial charge in [0.1, 0.15) is 18.7 Å². The molecule has 0 bridgehead atoms. The fourth-order valence-electron chi connectivity index (χ4n) is 1.27. The van der Waals surface area contributed by atoms with E-state index in [-0.39, 0.29) is 11.9 Å². The fourth-order valence-corrected chi connectivity index (χ4v) is 1.27. The zero-order valence-corrected chi connectivity index (χ0v) is 9.31. The molecule has 5 nitrogen and oxygen atoms in total. The molecule has 0 aliphatic rings. The second kappa shape index (κ2) is 6.16. The number of aromatic nitrogens is 3. The van der Waals surface area contributed by atoms with Crippen LogP contribution >= 0.6 is 0 Å². The fraction of sp³-hybridized carbons (Fsp3) is 0.700. The predicted molar refractivity (Wildman–Crippen MR) is 57.3 cm³/mol. The van der Waals surface area contributed by atoms with Gasteiger partial charge in [-0.3, -0.25) is 4.79 Å². The van der Waals surface area contributed by atoms with Crippen LogP contribution in [0, 0.1) is 0 Å². The minimum atomic E-state index is -0.283. The van der Waals surface area contributed by atoms with Crippen LogP contribution in [0.25, 0.3) is 0 Å². The first-order chi connectivity index (χ1) is 7.25. The molecular formula is C10H18N4O. The molecule has 1 aromatic heterocycles. The summed E-state index contributed by atoms with van der Waals surface area (Å²) in [4.78, 5) is 15.4. The lowest BCUT2D eigenvalue weighted by molar-refractivity contribution is -0.124. The number of carbonyl (C=O) groups excluding carboxylic acids is 1. The molecule has 0 fully saturated rings. The van der Waals surface area contributed by atoms with E-state index in [1.54, 1.807) is 11.0 Å². The summed E-state index contributed by atoms with van der Waals surface area (Å²) in [7, 11) is 0. The van der Waals surface area contributed by atoms with Gasteiger partial charge in [-0.2, -0.15) is 5.10 Å². The third-order valence-corrected chi connectivity index (χ3v) is 2.29. The molecule has 1 heterocycles. The normalized spacial score (nSPS) is 12.4. The number of hydrogen-bond acceptors (Lipinski definition) is 3. The standard InChI is InChI=1S/C10H18N4O/c1-3-4-5-6-12-10(15)9(2)14-8-11-7-13-14/h7-9H,3-6H2,1-2H3,(H,12,15). The van der Waals surface area contributed by atoms with Gasteiger partial charge >= 0.3 is 0 Å². The van der Waals surface area contributed by atoms with Gasteiger partial charge in [0.25, 0.3) is 0 Å². The lowest BCUT2D eigenvalue weighted by Crippen LogP contribution is -2.31. The Morgan fingerprint density at radius 2 is 2.33 bits per heavy atom. The number of rotatable bonds is 6. The topological polar surface area (TPSA) is 59.8 Å². The molecule has 0 aliphatic carbocycles. The van der Waals surface area contributed by atoms with Crippen molar-refractivity contribution in [2.45, 2.75) is 39.2 Å². The van der Waals surface area contributed by atoms with Gasteiger partial charge < -0.3 is 5.32 Å². The second-order valence-corrected chi connectivity index (χ2v) is 3.55. The third-order valence-electron chi connectivity index (χ3n) is 2.29. The van der Waals surface area contributed by atoms with Crippen LogP contribution in [0.3, 0.4) is 0 Å². The van der Waals surface area contributed by atoms with Crippen LogP contribution < -0.4 is 5.32 Å². The van der Waals surface area contributed by atoms with Crippen molar-refractivity contribution in [1.82, 2.24) is 20.1 Å². The summed E-state index contributed by atoms with van der Waals surface area (Å²) in [5.41, 5.74) is 0. The molecule has 84 valence electrons. The molecule has 0 aliphatic heterocycles. The highest BCUT2D eigenvalue weighted by Gasteiger charge is 2.13. The van der Waals surface area contributed by atoms with E-state index < -0.39 is 0 Å². The second-order valence-electron chi connectivity index (χ2n) is 3.55. The molecule has 0 saturated heterocycles. The number of nitrogens with zero attached hydrogens (tertiary/aromatic N) is 3. The molecule has 1 unspecified atom stereocenters. The highest BCUT2D eigenvalue weighted by molar-refractivity contribution is 5.79. The van der Waals surface area contributed by atoms with Gasteiger partial charge in [-0.15, -0.1) is 0 Å². The monoisotopic (exact) mass is 210 g/mol. The number of nitrogens with one attached hydrogen (secondary N) is 1. The van der Waals surface area contributed by atoms with E-state index in [0.717, 1.165) is 25.8 Å². The Balaban J connectivity index is 2.28. The number of hydrogen-bond donors (Lipinski definition) is 1. The van der Waals surface area contributed by atoms with Gasteiger partial charge in [-0.25, -0.2) is 9.67 Å². The van der Waals surface area contributed by atoms with E-state index in [1.165, 1.54) is 6.33 Å². The maximum absolute atomic E-state index is 11.6. The summed E-state index contributed by atoms with van der Waals surface area (Å²) in [6.45, 7) is 4.69. The number of amides is 1. The summed E-state index contributed by atoms with van der Waals surface area (Å²) in [6.07, 6.45) is 6.33. The number of carbonyl (C=O) groups is 1. The van der Waals surface area contributed by atoms with Crippen LogP contribution in [0.4, 0.5) is 0 Å². The van der Waals surface area contributed by atoms with E-state index in [0.29, 0.717) is 0 Å². The van der Waals surface area contributed by atoms with E-state index >= 15 is 0 Å². The van der Waals surface area contributed by atoms with Crippen molar-refractivity contribution in [3.8, 4) is 0 Å². The molecule has 5 heteroatoms. The largest absolute Gasteiger partial charge is 0.354 e. The Morgan fingerprint density at radius 3 is 2.93 bits per heavy atom. The van der Waals surface area contributed by atoms with Crippen molar-refractivity contribution in [3.05, 3.63) is 12.7 Å². The van der Waals surface area contributed by atoms with Crippen LogP contribution in [-0.4, -0.2) is 27.2 Å². The quantitative estimate of drug-likeness (QED) is 0.716. The van der Waals surface area contributed by atoms with Crippen LogP contribution in [-0.2, 0) is 4.79 Å². The van der Waals surface area contributed by atoms with Gasteiger partial charge in [-0.05, 0) is 13.3 Å². The van der Waals surface area contributed by atoms with Crippen LogP contribution in [0.5, 0.6) is 0 Å². The minimum Gasteiger partial charge on any atom is -0.354 e. The molecule has 1 amide bonds. The summed E-state index contributed by atoms with van der Waals surface area (Å²) in [5.74, 6) is -0.00315. The molecule has 0 aromatic carbocycles. The van der Waals surface area contributed by atoms with Crippen LogP contribution in [0.2, 0.25) is 0 Å². The van der Waals surface area contributed by atoms with Crippen LogP contribution in [0.1, 0.15) is 39.2 Å². The number of unbranched alkanes of at least 4 members (excludes halogenated alkanes) is 2. The molecule has 1 atom stereocenters. The molecule has 15 heavy (non-hydrogen) atoms. The minimum absolute atomic E-state index is 0.00315. The average molecular weight is 210 g/mol. The van der Waals surface area contributed by atoms with E-state index in [2.05, 4.69) is 22.3 Å². The Kier molecular flexibility index (Phi) is 4.80. The van der Waals surface area contributed by atoms with E-state index in [1.807, 2.05) is 6.92 Å². The Morgan fingerprint density at radius 1 is 1.53 bits per heavy atom. The first-order valence-electron chi connectivity index (χ1n) is 5.37. The zero-order valence-electron chi connectivity index (χ0n) is 9.31. The van der Waals surface area contributed by atoms with Gasteiger partial charge in [0, 0.05) is 6.54 Å². The van der Waals surface area contributed by atoms with Crippen molar-refractivity contribution in [1.29, 1.82) is 0 Å². The maximum atomic E-state index is 11.6. The van der Waals surface area contributed by atoms with Gasteiger partial charge in [0.2, 0.25) is 5.91 Å². The third kappa shape index (κ3) is 3.69. The van der Waals surface area contributed by atoms with Gasteiger partial charge in [-0.1, -0.05) is 19.8 Å². The summed E-state index contributed by atoms with van der Waals surface area (Å²) < 4.78 is 1.55. The molecule has 1 rings (SSSR count). The lowest BCUT2D eigenvalue weighted by Gasteiger charge is -2.11. The Hall–Kier alpha value is -1.39. The van der Waals surface area contributed by atoms with Crippen molar-refractivity contribution in [2.24, 2.45) is 0 Å². The highest BCUT2D eigenvalue weighted by Crippen LogP contribution is 2.01. The molecule has 1 aromatic rings. The molecular weight excluding hydrogens is 192 g/mol. The van der Waals surface area contributed by atoms with Crippen molar-refractivity contribution in [3.63, 3.8) is 0 Å². The Bertz CT molecular complexity index is 284. The molecule has 0 saturated carbocycles. The van der Waals surface area contributed by atoms with Gasteiger partial charge in [0.15, 0.2) is 0 Å². The predicted octanol–water partition coefficient (Wildman–Crippen LogP) is 1.15. The van der Waals surface area contributed by atoms with E-state index in [9.17, 15) is 4.79 Å². The Labute approximate surface area is 89.9 Å². The first kappa shape index (κ1) is 11.7. The summed E-state index contributed by atoms with van der Waals surface area (Å²) in [6, 6.07) is -0.283. The van der Waals surface area contributed by atoms with Crippen molar-refractivity contribution >= 4 is 5.91 Å². The zero-order chi connectivity index (χ0) is 11.1. The van der Waals surface area contributed by atoms with Crippen molar-refractivity contribution in [2.75, 3.05) is 6.54 Å². The summed E-state index contributed by atoms with van der Waals surface area (Å²) >= 11 is 0. The van der Waals surface area contributed by atoms with Crippen LogP contribution in [0.15, 0.2) is 12.7 Å².